The van der Waals surface area contributed by atoms with E-state index < -0.39 is 10.0 Å². The second-order valence-corrected chi connectivity index (χ2v) is 7.24. The molecule has 0 spiro atoms. The van der Waals surface area contributed by atoms with E-state index in [0.29, 0.717) is 17.4 Å². The summed E-state index contributed by atoms with van der Waals surface area (Å²) < 4.78 is 26.9. The average Bonchev–Trinajstić information content (AvgIpc) is 2.48. The minimum atomic E-state index is -3.40. The van der Waals surface area contributed by atoms with Gasteiger partial charge in [0.25, 0.3) is 0 Å². The fourth-order valence-corrected chi connectivity index (χ4v) is 3.07. The molecule has 0 aliphatic carbocycles. The van der Waals surface area contributed by atoms with Gasteiger partial charge < -0.3 is 0 Å². The normalized spacial score (nSPS) is 11.8. The quantitative estimate of drug-likeness (QED) is 0.885. The van der Waals surface area contributed by atoms with Gasteiger partial charge in [0.15, 0.2) is 0 Å². The smallest absolute Gasteiger partial charge is 0.211 e. The average molecular weight is 303 g/mol. The van der Waals surface area contributed by atoms with Gasteiger partial charge >= 0.3 is 0 Å². The van der Waals surface area contributed by atoms with E-state index in [-0.39, 0.29) is 0 Å². The van der Waals surface area contributed by atoms with Crippen LogP contribution in [0.4, 0.5) is 0 Å². The molecular weight excluding hydrogens is 282 g/mol. The van der Waals surface area contributed by atoms with E-state index in [0.717, 1.165) is 17.5 Å². The topological polar surface area (TPSA) is 46.2 Å². The molecular formula is C17H21NO2S. The van der Waals surface area contributed by atoms with E-state index in [1.165, 1.54) is 0 Å². The predicted octanol–water partition coefficient (Wildman–Crippen LogP) is 3.68. The van der Waals surface area contributed by atoms with Crippen LogP contribution in [0.15, 0.2) is 59.5 Å². The van der Waals surface area contributed by atoms with Crippen molar-refractivity contribution in [2.24, 2.45) is 5.92 Å². The van der Waals surface area contributed by atoms with Gasteiger partial charge in [-0.05, 0) is 35.6 Å². The van der Waals surface area contributed by atoms with Crippen molar-refractivity contribution in [3.05, 3.63) is 54.6 Å². The molecule has 2 rings (SSSR count). The Kier molecular flexibility index (Phi) is 5.15. The van der Waals surface area contributed by atoms with Gasteiger partial charge in [0, 0.05) is 6.54 Å². The van der Waals surface area contributed by atoms with Crippen LogP contribution >= 0.6 is 0 Å². The number of sulfonamides is 1. The summed E-state index contributed by atoms with van der Waals surface area (Å²) in [5, 5.41) is 0. The van der Waals surface area contributed by atoms with Gasteiger partial charge in [0.05, 0.1) is 4.90 Å². The Bertz CT molecular complexity index is 662. The first-order valence-electron chi connectivity index (χ1n) is 7.14. The number of benzene rings is 2. The van der Waals surface area contributed by atoms with Crippen LogP contribution in [-0.4, -0.2) is 15.0 Å². The molecule has 3 nitrogen and oxygen atoms in total. The first kappa shape index (κ1) is 15.7. The van der Waals surface area contributed by atoms with E-state index in [9.17, 15) is 8.42 Å². The minimum absolute atomic E-state index is 0.311. The van der Waals surface area contributed by atoms with Crippen molar-refractivity contribution in [3.63, 3.8) is 0 Å². The molecule has 112 valence electrons. The molecule has 0 atom stereocenters. The van der Waals surface area contributed by atoms with Gasteiger partial charge in [0.2, 0.25) is 10.0 Å². The van der Waals surface area contributed by atoms with Crippen LogP contribution in [0.2, 0.25) is 0 Å². The molecule has 0 amide bonds. The molecule has 0 aliphatic heterocycles. The summed E-state index contributed by atoms with van der Waals surface area (Å²) in [6.07, 6.45) is 0.835. The molecule has 0 unspecified atom stereocenters. The molecule has 0 bridgehead atoms. The van der Waals surface area contributed by atoms with Crippen molar-refractivity contribution in [1.82, 2.24) is 4.72 Å². The zero-order valence-corrected chi connectivity index (χ0v) is 13.2. The lowest BCUT2D eigenvalue weighted by Crippen LogP contribution is -2.25. The highest BCUT2D eigenvalue weighted by Crippen LogP contribution is 2.20. The monoisotopic (exact) mass is 303 g/mol. The number of nitrogens with one attached hydrogen (secondary N) is 1. The lowest BCUT2D eigenvalue weighted by molar-refractivity contribution is 0.551. The van der Waals surface area contributed by atoms with Gasteiger partial charge in [0.1, 0.15) is 0 Å². The van der Waals surface area contributed by atoms with Gasteiger partial charge in [-0.1, -0.05) is 56.3 Å². The fourth-order valence-electron chi connectivity index (χ4n) is 2.02. The van der Waals surface area contributed by atoms with E-state index in [1.807, 2.05) is 42.5 Å². The second kappa shape index (κ2) is 6.87. The van der Waals surface area contributed by atoms with E-state index in [2.05, 4.69) is 18.6 Å². The molecule has 21 heavy (non-hydrogen) atoms. The lowest BCUT2D eigenvalue weighted by Gasteiger charge is -2.09. The van der Waals surface area contributed by atoms with Crippen LogP contribution in [0.3, 0.4) is 0 Å². The molecule has 2 aromatic carbocycles. The molecule has 2 aromatic rings. The Balaban J connectivity index is 2.11. The Morgan fingerprint density at radius 1 is 0.905 bits per heavy atom. The minimum Gasteiger partial charge on any atom is -0.211 e. The molecule has 0 aromatic heterocycles. The summed E-state index contributed by atoms with van der Waals surface area (Å²) in [5.41, 5.74) is 2.09. The van der Waals surface area contributed by atoms with Gasteiger partial charge in [-0.3, -0.25) is 0 Å². The van der Waals surface area contributed by atoms with Crippen molar-refractivity contribution >= 4 is 10.0 Å². The summed E-state index contributed by atoms with van der Waals surface area (Å²) in [7, 11) is -3.40. The van der Waals surface area contributed by atoms with Crippen LogP contribution in [0.25, 0.3) is 11.1 Å². The Morgan fingerprint density at radius 2 is 1.48 bits per heavy atom. The Morgan fingerprint density at radius 3 is 2.05 bits per heavy atom. The molecule has 0 heterocycles. The largest absolute Gasteiger partial charge is 0.240 e. The highest BCUT2D eigenvalue weighted by Gasteiger charge is 2.13. The third-order valence-electron chi connectivity index (χ3n) is 3.29. The van der Waals surface area contributed by atoms with Crippen molar-refractivity contribution < 1.29 is 8.42 Å². The van der Waals surface area contributed by atoms with Crippen LogP contribution in [0.1, 0.15) is 20.3 Å². The highest BCUT2D eigenvalue weighted by molar-refractivity contribution is 7.89. The zero-order chi connectivity index (χ0) is 15.3. The van der Waals surface area contributed by atoms with Crippen LogP contribution < -0.4 is 4.72 Å². The first-order chi connectivity index (χ1) is 9.99. The van der Waals surface area contributed by atoms with Gasteiger partial charge in [-0.25, -0.2) is 13.1 Å². The maximum absolute atomic E-state index is 12.2. The third-order valence-corrected chi connectivity index (χ3v) is 4.76. The van der Waals surface area contributed by atoms with Crippen molar-refractivity contribution in [2.75, 3.05) is 6.54 Å². The molecule has 1 N–H and O–H groups in total. The summed E-state index contributed by atoms with van der Waals surface area (Å²) >= 11 is 0. The molecule has 0 radical (unpaired) electrons. The van der Waals surface area contributed by atoms with Crippen LogP contribution in [-0.2, 0) is 10.0 Å². The van der Waals surface area contributed by atoms with Gasteiger partial charge in [-0.15, -0.1) is 0 Å². The fraction of sp³-hybridized carbons (Fsp3) is 0.294. The van der Waals surface area contributed by atoms with Crippen LogP contribution in [0.5, 0.6) is 0 Å². The zero-order valence-electron chi connectivity index (χ0n) is 12.4. The van der Waals surface area contributed by atoms with Crippen molar-refractivity contribution in [3.8, 4) is 11.1 Å². The van der Waals surface area contributed by atoms with E-state index in [1.54, 1.807) is 12.1 Å². The van der Waals surface area contributed by atoms with Crippen molar-refractivity contribution in [1.29, 1.82) is 0 Å². The molecule has 0 aliphatic rings. The maximum Gasteiger partial charge on any atom is 0.240 e. The highest BCUT2D eigenvalue weighted by atomic mass is 32.2. The number of hydrogen-bond donors (Lipinski definition) is 1. The standard InChI is InChI=1S/C17H21NO2S/c1-14(2)12-13-18-21(19,20)17-10-8-16(9-11-17)15-6-4-3-5-7-15/h3-11,14,18H,12-13H2,1-2H3. The van der Waals surface area contributed by atoms with E-state index >= 15 is 0 Å². The van der Waals surface area contributed by atoms with Crippen LogP contribution in [0, 0.1) is 5.92 Å². The van der Waals surface area contributed by atoms with E-state index in [4.69, 9.17) is 0 Å². The maximum atomic E-state index is 12.2. The Labute approximate surface area is 127 Å². The third kappa shape index (κ3) is 4.41. The Hall–Kier alpha value is -1.65. The second-order valence-electron chi connectivity index (χ2n) is 5.47. The number of hydrogen-bond acceptors (Lipinski definition) is 2. The summed E-state index contributed by atoms with van der Waals surface area (Å²) in [6.45, 7) is 4.62. The van der Waals surface area contributed by atoms with Crippen molar-refractivity contribution in [2.45, 2.75) is 25.2 Å². The predicted molar refractivity (Wildman–Crippen MR) is 86.5 cm³/mol. The summed E-state index contributed by atoms with van der Waals surface area (Å²) in [5.74, 6) is 0.480. The lowest BCUT2D eigenvalue weighted by atomic mass is 10.1. The summed E-state index contributed by atoms with van der Waals surface area (Å²) in [6, 6.07) is 16.9. The van der Waals surface area contributed by atoms with Gasteiger partial charge in [-0.2, -0.15) is 0 Å². The first-order valence-corrected chi connectivity index (χ1v) is 8.62. The SMILES string of the molecule is CC(C)CCNS(=O)(=O)c1ccc(-c2ccccc2)cc1. The molecule has 4 heteroatoms. The summed E-state index contributed by atoms with van der Waals surface area (Å²) in [4.78, 5) is 0.311. The molecule has 0 saturated carbocycles. The number of rotatable bonds is 6. The molecule has 0 saturated heterocycles. The molecule has 0 fully saturated rings.